The smallest absolute Gasteiger partial charge is 0.387 e. The number of alkyl halides is 2. The van der Waals surface area contributed by atoms with Crippen LogP contribution < -0.4 is 20.1 Å². The Kier molecular flexibility index (Phi) is 8.17. The molecule has 0 saturated heterocycles. The molecule has 7 nitrogen and oxygen atoms in total. The molecule has 2 rings (SSSR count). The van der Waals surface area contributed by atoms with Crippen LogP contribution in [-0.2, 0) is 4.74 Å². The van der Waals surface area contributed by atoms with Gasteiger partial charge < -0.3 is 24.8 Å². The van der Waals surface area contributed by atoms with Gasteiger partial charge in [-0.25, -0.2) is 0 Å². The molecular formula is C19H19ClF2N2O5. The zero-order valence-electron chi connectivity index (χ0n) is 15.6. The van der Waals surface area contributed by atoms with Gasteiger partial charge in [-0.15, -0.1) is 0 Å². The second-order valence-corrected chi connectivity index (χ2v) is 6.05. The molecule has 29 heavy (non-hydrogen) atoms. The molecule has 2 aromatic rings. The van der Waals surface area contributed by atoms with E-state index < -0.39 is 12.5 Å². The predicted molar refractivity (Wildman–Crippen MR) is 103 cm³/mol. The molecule has 156 valence electrons. The monoisotopic (exact) mass is 428 g/mol. The van der Waals surface area contributed by atoms with E-state index in [1.54, 1.807) is 0 Å². The number of halogens is 3. The number of carbonyl (C=O) groups excluding carboxylic acids is 2. The van der Waals surface area contributed by atoms with Crippen molar-refractivity contribution < 1.29 is 32.6 Å². The van der Waals surface area contributed by atoms with Crippen molar-refractivity contribution in [3.05, 3.63) is 52.5 Å². The summed E-state index contributed by atoms with van der Waals surface area (Å²) < 4.78 is 39.2. The van der Waals surface area contributed by atoms with E-state index in [0.717, 1.165) is 6.07 Å². The molecule has 0 aliphatic carbocycles. The highest BCUT2D eigenvalue weighted by atomic mass is 35.5. The van der Waals surface area contributed by atoms with Crippen molar-refractivity contribution in [3.63, 3.8) is 0 Å². The Labute approximate surface area is 170 Å². The molecule has 0 aliphatic rings. The van der Waals surface area contributed by atoms with Crippen molar-refractivity contribution >= 4 is 29.1 Å². The summed E-state index contributed by atoms with van der Waals surface area (Å²) in [7, 11) is 2.81. The van der Waals surface area contributed by atoms with E-state index >= 15 is 0 Å². The summed E-state index contributed by atoms with van der Waals surface area (Å²) in [6, 6.07) is 8.23. The van der Waals surface area contributed by atoms with Gasteiger partial charge in [0, 0.05) is 24.9 Å². The average Bonchev–Trinajstić information content (AvgIpc) is 2.67. The lowest BCUT2D eigenvalue weighted by Crippen LogP contribution is -2.27. The summed E-state index contributed by atoms with van der Waals surface area (Å²) in [5.74, 6) is -1.17. The standard InChI is InChI=1S/C19H19ClF2N2O5/c1-27-8-7-23-18(26)13-5-4-12(10-14(13)20)24-17(25)11-3-6-15(28-2)16(9-11)29-19(21)22/h3-6,9-10,19H,7-8H2,1-2H3,(H,23,26)(H,24,25). The maximum atomic E-state index is 12.5. The van der Waals surface area contributed by atoms with Crippen LogP contribution in [0.1, 0.15) is 20.7 Å². The fourth-order valence-corrected chi connectivity index (χ4v) is 2.61. The van der Waals surface area contributed by atoms with E-state index in [0.29, 0.717) is 18.8 Å². The van der Waals surface area contributed by atoms with Crippen molar-refractivity contribution in [3.8, 4) is 11.5 Å². The third-order valence-electron chi connectivity index (χ3n) is 3.71. The van der Waals surface area contributed by atoms with Crippen LogP contribution in [0.2, 0.25) is 5.02 Å². The molecule has 0 unspecified atom stereocenters. The molecule has 0 spiro atoms. The predicted octanol–water partition coefficient (Wildman–Crippen LogP) is 3.58. The van der Waals surface area contributed by atoms with Crippen molar-refractivity contribution in [2.75, 3.05) is 32.7 Å². The SMILES string of the molecule is COCCNC(=O)c1ccc(NC(=O)c2ccc(OC)c(OC(F)F)c2)cc1Cl. The Bertz CT molecular complexity index is 880. The van der Waals surface area contributed by atoms with E-state index in [1.807, 2.05) is 0 Å². The van der Waals surface area contributed by atoms with E-state index in [2.05, 4.69) is 15.4 Å². The van der Waals surface area contributed by atoms with Crippen LogP contribution in [0.15, 0.2) is 36.4 Å². The minimum atomic E-state index is -3.07. The summed E-state index contributed by atoms with van der Waals surface area (Å²) in [6.07, 6.45) is 0. The Balaban J connectivity index is 2.12. The summed E-state index contributed by atoms with van der Waals surface area (Å²) in [4.78, 5) is 24.5. The van der Waals surface area contributed by atoms with Crippen LogP contribution >= 0.6 is 11.6 Å². The van der Waals surface area contributed by atoms with Crippen LogP contribution in [0.5, 0.6) is 11.5 Å². The molecule has 0 aromatic heterocycles. The van der Waals surface area contributed by atoms with E-state index in [9.17, 15) is 18.4 Å². The zero-order valence-corrected chi connectivity index (χ0v) is 16.4. The molecule has 0 bridgehead atoms. The molecule has 2 N–H and O–H groups in total. The van der Waals surface area contributed by atoms with E-state index in [1.165, 1.54) is 44.6 Å². The Morgan fingerprint density at radius 1 is 1.07 bits per heavy atom. The lowest BCUT2D eigenvalue weighted by atomic mass is 10.1. The molecule has 2 aromatic carbocycles. The zero-order chi connectivity index (χ0) is 21.4. The lowest BCUT2D eigenvalue weighted by molar-refractivity contribution is -0.0512. The van der Waals surface area contributed by atoms with Gasteiger partial charge in [-0.3, -0.25) is 9.59 Å². The highest BCUT2D eigenvalue weighted by molar-refractivity contribution is 6.34. The van der Waals surface area contributed by atoms with Crippen LogP contribution in [0, 0.1) is 0 Å². The third-order valence-corrected chi connectivity index (χ3v) is 4.02. The normalized spacial score (nSPS) is 10.6. The second-order valence-electron chi connectivity index (χ2n) is 5.64. The molecule has 2 amide bonds. The highest BCUT2D eigenvalue weighted by Crippen LogP contribution is 2.30. The van der Waals surface area contributed by atoms with Crippen LogP contribution in [0.4, 0.5) is 14.5 Å². The van der Waals surface area contributed by atoms with Gasteiger partial charge in [0.05, 0.1) is 24.3 Å². The first kappa shape index (κ1) is 22.4. The van der Waals surface area contributed by atoms with E-state index in [4.69, 9.17) is 21.1 Å². The van der Waals surface area contributed by atoms with Gasteiger partial charge in [-0.1, -0.05) is 11.6 Å². The number of methoxy groups -OCH3 is 2. The largest absolute Gasteiger partial charge is 0.493 e. The number of rotatable bonds is 9. The van der Waals surface area contributed by atoms with E-state index in [-0.39, 0.29) is 33.6 Å². The van der Waals surface area contributed by atoms with Crippen molar-refractivity contribution in [2.24, 2.45) is 0 Å². The molecule has 0 heterocycles. The molecular weight excluding hydrogens is 410 g/mol. The minimum absolute atomic E-state index is 0.0636. The molecule has 0 atom stereocenters. The fraction of sp³-hybridized carbons (Fsp3) is 0.263. The van der Waals surface area contributed by atoms with Gasteiger partial charge in [0.1, 0.15) is 0 Å². The number of nitrogens with one attached hydrogen (secondary N) is 2. The first-order chi connectivity index (χ1) is 13.8. The number of hydrogen-bond acceptors (Lipinski definition) is 5. The first-order valence-electron chi connectivity index (χ1n) is 8.36. The maximum absolute atomic E-state index is 12.5. The Morgan fingerprint density at radius 3 is 2.45 bits per heavy atom. The Hall–Kier alpha value is -2.91. The topological polar surface area (TPSA) is 85.9 Å². The van der Waals surface area contributed by atoms with Crippen LogP contribution in [-0.4, -0.2) is 45.8 Å². The quantitative estimate of drug-likeness (QED) is 0.596. The third kappa shape index (κ3) is 6.30. The molecule has 0 radical (unpaired) electrons. The number of hydrogen-bond donors (Lipinski definition) is 2. The van der Waals surface area contributed by atoms with Gasteiger partial charge in [-0.2, -0.15) is 8.78 Å². The number of ether oxygens (including phenoxy) is 3. The molecule has 0 fully saturated rings. The summed E-state index contributed by atoms with van der Waals surface area (Å²) in [5.41, 5.74) is 0.623. The number of benzene rings is 2. The first-order valence-corrected chi connectivity index (χ1v) is 8.74. The van der Waals surface area contributed by atoms with Gasteiger partial charge in [0.2, 0.25) is 0 Å². The summed E-state index contributed by atoms with van der Waals surface area (Å²) >= 11 is 6.13. The summed E-state index contributed by atoms with van der Waals surface area (Å²) in [6.45, 7) is -2.38. The van der Waals surface area contributed by atoms with Gasteiger partial charge >= 0.3 is 6.61 Å². The highest BCUT2D eigenvalue weighted by Gasteiger charge is 2.16. The van der Waals surface area contributed by atoms with Gasteiger partial charge in [0.15, 0.2) is 11.5 Å². The van der Waals surface area contributed by atoms with Crippen molar-refractivity contribution in [1.29, 1.82) is 0 Å². The molecule has 0 aliphatic heterocycles. The maximum Gasteiger partial charge on any atom is 0.387 e. The number of anilines is 1. The number of amides is 2. The second kappa shape index (κ2) is 10.6. The van der Waals surface area contributed by atoms with Crippen LogP contribution in [0.25, 0.3) is 0 Å². The van der Waals surface area contributed by atoms with Gasteiger partial charge in [-0.05, 0) is 36.4 Å². The van der Waals surface area contributed by atoms with Crippen molar-refractivity contribution in [1.82, 2.24) is 5.32 Å². The van der Waals surface area contributed by atoms with Gasteiger partial charge in [0.25, 0.3) is 11.8 Å². The van der Waals surface area contributed by atoms with Crippen molar-refractivity contribution in [2.45, 2.75) is 6.61 Å². The fourth-order valence-electron chi connectivity index (χ4n) is 2.35. The minimum Gasteiger partial charge on any atom is -0.493 e. The van der Waals surface area contributed by atoms with Crippen LogP contribution in [0.3, 0.4) is 0 Å². The molecule has 10 heteroatoms. The molecule has 0 saturated carbocycles. The average molecular weight is 429 g/mol. The summed E-state index contributed by atoms with van der Waals surface area (Å²) in [5, 5.41) is 5.35. The Morgan fingerprint density at radius 2 is 1.83 bits per heavy atom. The number of carbonyl (C=O) groups is 2. The lowest BCUT2D eigenvalue weighted by Gasteiger charge is -2.12.